The van der Waals surface area contributed by atoms with Crippen LogP contribution in [0.2, 0.25) is 0 Å². The van der Waals surface area contributed by atoms with Crippen LogP contribution in [0.3, 0.4) is 0 Å². The van der Waals surface area contributed by atoms with Crippen LogP contribution in [0.5, 0.6) is 11.5 Å². The molecule has 0 heterocycles. The van der Waals surface area contributed by atoms with Gasteiger partial charge in [-0.1, -0.05) is 15.9 Å². The van der Waals surface area contributed by atoms with Crippen molar-refractivity contribution in [2.75, 3.05) is 25.5 Å². The topological polar surface area (TPSA) is 49.8 Å². The summed E-state index contributed by atoms with van der Waals surface area (Å²) in [6.45, 7) is 3.22. The lowest BCUT2D eigenvalue weighted by Gasteiger charge is -2.21. The summed E-state index contributed by atoms with van der Waals surface area (Å²) < 4.78 is 4.99. The summed E-state index contributed by atoms with van der Waals surface area (Å²) in [5, 5.41) is 10.7. The first-order valence-electron chi connectivity index (χ1n) is 5.86. The molecule has 0 radical (unpaired) electrons. The predicted molar refractivity (Wildman–Crippen MR) is 74.6 cm³/mol. The number of ether oxygens (including phenoxy) is 1. The van der Waals surface area contributed by atoms with Crippen LogP contribution in [0, 0.1) is 0 Å². The number of carbonyl (C=O) groups excluding carboxylic acids is 1. The van der Waals surface area contributed by atoms with Gasteiger partial charge >= 0.3 is 0 Å². The molecule has 0 aromatic heterocycles. The highest BCUT2D eigenvalue weighted by Gasteiger charge is 2.17. The zero-order valence-corrected chi connectivity index (χ0v) is 12.2. The second-order valence-electron chi connectivity index (χ2n) is 3.81. The van der Waals surface area contributed by atoms with Gasteiger partial charge in [0, 0.05) is 24.5 Å². The third kappa shape index (κ3) is 3.63. The Morgan fingerprint density at radius 2 is 2.22 bits per heavy atom. The molecule has 0 aliphatic heterocycles. The number of rotatable bonds is 6. The monoisotopic (exact) mass is 315 g/mol. The van der Waals surface area contributed by atoms with E-state index in [9.17, 15) is 9.90 Å². The molecule has 1 aromatic carbocycles. The Bertz CT molecular complexity index is 409. The van der Waals surface area contributed by atoms with E-state index in [-0.39, 0.29) is 11.7 Å². The molecule has 0 saturated carbocycles. The number of methoxy groups -OCH3 is 1. The third-order valence-electron chi connectivity index (χ3n) is 2.67. The first kappa shape index (κ1) is 14.8. The lowest BCUT2D eigenvalue weighted by molar-refractivity contribution is 0.0762. The van der Waals surface area contributed by atoms with E-state index in [1.165, 1.54) is 13.2 Å². The Kier molecular flexibility index (Phi) is 5.98. The molecule has 0 spiro atoms. The van der Waals surface area contributed by atoms with E-state index in [0.717, 1.165) is 11.8 Å². The molecule has 0 bridgehead atoms. The van der Waals surface area contributed by atoms with Gasteiger partial charge in [0.05, 0.1) is 12.7 Å². The molecule has 5 heteroatoms. The molecule has 0 aliphatic rings. The van der Waals surface area contributed by atoms with Crippen molar-refractivity contribution in [2.45, 2.75) is 13.3 Å². The molecule has 0 saturated heterocycles. The molecular formula is C13H18BrNO3. The van der Waals surface area contributed by atoms with E-state index in [1.54, 1.807) is 17.0 Å². The number of halogens is 1. The maximum absolute atomic E-state index is 12.2. The summed E-state index contributed by atoms with van der Waals surface area (Å²) in [6, 6.07) is 4.71. The van der Waals surface area contributed by atoms with E-state index in [1.807, 2.05) is 6.92 Å². The van der Waals surface area contributed by atoms with Crippen LogP contribution in [-0.2, 0) is 0 Å². The summed E-state index contributed by atoms with van der Waals surface area (Å²) in [4.78, 5) is 13.9. The Morgan fingerprint density at radius 1 is 1.50 bits per heavy atom. The minimum Gasteiger partial charge on any atom is -0.507 e. The van der Waals surface area contributed by atoms with Gasteiger partial charge in [-0.15, -0.1) is 0 Å². The van der Waals surface area contributed by atoms with Crippen molar-refractivity contribution in [1.29, 1.82) is 0 Å². The number of phenols is 1. The van der Waals surface area contributed by atoms with Crippen molar-refractivity contribution in [1.82, 2.24) is 4.90 Å². The van der Waals surface area contributed by atoms with Gasteiger partial charge in [-0.3, -0.25) is 4.79 Å². The van der Waals surface area contributed by atoms with Crippen molar-refractivity contribution in [2.24, 2.45) is 0 Å². The zero-order chi connectivity index (χ0) is 13.5. The Balaban J connectivity index is 2.87. The summed E-state index contributed by atoms with van der Waals surface area (Å²) >= 11 is 3.34. The average Bonchev–Trinajstić information content (AvgIpc) is 2.39. The summed E-state index contributed by atoms with van der Waals surface area (Å²) in [5.74, 6) is 0.336. The fourth-order valence-electron chi connectivity index (χ4n) is 1.64. The van der Waals surface area contributed by atoms with E-state index in [0.29, 0.717) is 24.4 Å². The van der Waals surface area contributed by atoms with Crippen LogP contribution < -0.4 is 4.74 Å². The van der Waals surface area contributed by atoms with Crippen LogP contribution in [0.1, 0.15) is 23.7 Å². The molecule has 0 unspecified atom stereocenters. The fraction of sp³-hybridized carbons (Fsp3) is 0.462. The van der Waals surface area contributed by atoms with E-state index >= 15 is 0 Å². The van der Waals surface area contributed by atoms with Gasteiger partial charge in [0.25, 0.3) is 5.91 Å². The highest BCUT2D eigenvalue weighted by molar-refractivity contribution is 9.09. The number of phenolic OH excluding ortho intramolecular Hbond substituents is 1. The highest BCUT2D eigenvalue weighted by atomic mass is 79.9. The fourth-order valence-corrected chi connectivity index (χ4v) is 1.89. The number of hydrogen-bond acceptors (Lipinski definition) is 3. The summed E-state index contributed by atoms with van der Waals surface area (Å²) in [7, 11) is 1.52. The second kappa shape index (κ2) is 7.26. The SMILES string of the molecule is CCN(CCCBr)C(=O)c1ccc(OC)cc1O. The van der Waals surface area contributed by atoms with Crippen molar-refractivity contribution < 1.29 is 14.6 Å². The molecule has 1 amide bonds. The number of alkyl halides is 1. The van der Waals surface area contributed by atoms with E-state index < -0.39 is 0 Å². The maximum atomic E-state index is 12.2. The minimum absolute atomic E-state index is 0.0448. The average molecular weight is 316 g/mol. The first-order chi connectivity index (χ1) is 8.63. The largest absolute Gasteiger partial charge is 0.507 e. The molecule has 0 aliphatic carbocycles. The number of benzene rings is 1. The Morgan fingerprint density at radius 3 is 2.72 bits per heavy atom. The van der Waals surface area contributed by atoms with Crippen molar-refractivity contribution in [3.8, 4) is 11.5 Å². The Labute approximate surface area is 116 Å². The van der Waals surface area contributed by atoms with Crippen LogP contribution in [0.15, 0.2) is 18.2 Å². The minimum atomic E-state index is -0.154. The summed E-state index contributed by atoms with van der Waals surface area (Å²) in [6.07, 6.45) is 0.885. The van der Waals surface area contributed by atoms with Crippen molar-refractivity contribution in [3.05, 3.63) is 23.8 Å². The van der Waals surface area contributed by atoms with Gasteiger partial charge in [-0.05, 0) is 25.5 Å². The lowest BCUT2D eigenvalue weighted by Crippen LogP contribution is -2.32. The maximum Gasteiger partial charge on any atom is 0.257 e. The van der Waals surface area contributed by atoms with Crippen molar-refractivity contribution >= 4 is 21.8 Å². The molecule has 0 fully saturated rings. The number of amides is 1. The van der Waals surface area contributed by atoms with Gasteiger partial charge in [-0.2, -0.15) is 0 Å². The van der Waals surface area contributed by atoms with E-state index in [4.69, 9.17) is 4.74 Å². The highest BCUT2D eigenvalue weighted by Crippen LogP contribution is 2.24. The standard InChI is InChI=1S/C13H18BrNO3/c1-3-15(8-4-7-14)13(17)11-6-5-10(18-2)9-12(11)16/h5-6,9,16H,3-4,7-8H2,1-2H3. The number of aromatic hydroxyl groups is 1. The van der Waals surface area contributed by atoms with E-state index in [2.05, 4.69) is 15.9 Å². The first-order valence-corrected chi connectivity index (χ1v) is 6.98. The molecule has 1 N–H and O–H groups in total. The van der Waals surface area contributed by atoms with Crippen LogP contribution in [0.4, 0.5) is 0 Å². The van der Waals surface area contributed by atoms with Crippen molar-refractivity contribution in [3.63, 3.8) is 0 Å². The van der Waals surface area contributed by atoms with Gasteiger partial charge < -0.3 is 14.7 Å². The lowest BCUT2D eigenvalue weighted by atomic mass is 10.1. The van der Waals surface area contributed by atoms with Crippen LogP contribution >= 0.6 is 15.9 Å². The molecule has 4 nitrogen and oxygen atoms in total. The summed E-state index contributed by atoms with van der Waals surface area (Å²) in [5.41, 5.74) is 0.312. The number of nitrogens with zero attached hydrogens (tertiary/aromatic N) is 1. The normalized spacial score (nSPS) is 10.2. The molecule has 100 valence electrons. The quantitative estimate of drug-likeness (QED) is 0.821. The molecule has 1 rings (SSSR count). The third-order valence-corrected chi connectivity index (χ3v) is 3.23. The second-order valence-corrected chi connectivity index (χ2v) is 4.60. The number of carbonyl (C=O) groups is 1. The molecule has 1 aromatic rings. The van der Waals surface area contributed by atoms with Crippen LogP contribution in [0.25, 0.3) is 0 Å². The van der Waals surface area contributed by atoms with Gasteiger partial charge in [0.2, 0.25) is 0 Å². The smallest absolute Gasteiger partial charge is 0.257 e. The Hall–Kier alpha value is -1.23. The van der Waals surface area contributed by atoms with Gasteiger partial charge in [-0.25, -0.2) is 0 Å². The molecule has 0 atom stereocenters. The number of hydrogen-bond donors (Lipinski definition) is 1. The zero-order valence-electron chi connectivity index (χ0n) is 10.6. The molecule has 18 heavy (non-hydrogen) atoms. The van der Waals surface area contributed by atoms with Crippen LogP contribution in [-0.4, -0.2) is 41.4 Å². The predicted octanol–water partition coefficient (Wildman–Crippen LogP) is 2.65. The van der Waals surface area contributed by atoms with Gasteiger partial charge in [0.15, 0.2) is 0 Å². The molecular weight excluding hydrogens is 298 g/mol. The van der Waals surface area contributed by atoms with Gasteiger partial charge in [0.1, 0.15) is 11.5 Å².